The van der Waals surface area contributed by atoms with Crippen LogP contribution in [0, 0.1) is 0 Å². The predicted molar refractivity (Wildman–Crippen MR) is 110 cm³/mol. The van der Waals surface area contributed by atoms with Crippen LogP contribution >= 0.6 is 0 Å². The molecule has 1 N–H and O–H groups in total. The molecule has 0 aliphatic heterocycles. The number of esters is 1. The second kappa shape index (κ2) is 9.01. The Labute approximate surface area is 168 Å². The largest absolute Gasteiger partial charge is 0.496 e. The minimum Gasteiger partial charge on any atom is -0.496 e. The fourth-order valence-corrected chi connectivity index (χ4v) is 3.01. The predicted octanol–water partition coefficient (Wildman–Crippen LogP) is 3.78. The van der Waals surface area contributed by atoms with Crippen molar-refractivity contribution in [2.45, 2.75) is 13.3 Å². The van der Waals surface area contributed by atoms with Crippen molar-refractivity contribution in [1.82, 2.24) is 0 Å². The maximum absolute atomic E-state index is 12.2. The standard InChI is InChI=1S/C23H21NO5/c1-15(25)17-10-11-21(28-2)18(12-17)13-23(27)29-14-22(26)24-20-9-5-7-16-6-3-4-8-19(16)20/h3-12H,13-14H2,1-2H3,(H,24,26). The number of benzene rings is 3. The second-order valence-electron chi connectivity index (χ2n) is 6.50. The molecule has 0 aliphatic rings. The van der Waals surface area contributed by atoms with E-state index in [1.165, 1.54) is 14.0 Å². The summed E-state index contributed by atoms with van der Waals surface area (Å²) in [6, 6.07) is 18.1. The lowest BCUT2D eigenvalue weighted by Crippen LogP contribution is -2.22. The van der Waals surface area contributed by atoms with E-state index in [0.29, 0.717) is 22.6 Å². The summed E-state index contributed by atoms with van der Waals surface area (Å²) in [5.74, 6) is -0.653. The molecule has 3 rings (SSSR count). The first-order valence-electron chi connectivity index (χ1n) is 9.09. The van der Waals surface area contributed by atoms with Crippen LogP contribution in [0.15, 0.2) is 60.7 Å². The van der Waals surface area contributed by atoms with E-state index in [4.69, 9.17) is 9.47 Å². The average Bonchev–Trinajstić information content (AvgIpc) is 2.72. The molecule has 148 valence electrons. The SMILES string of the molecule is COc1ccc(C(C)=O)cc1CC(=O)OCC(=O)Nc1cccc2ccccc12. The number of hydrogen-bond acceptors (Lipinski definition) is 5. The quantitative estimate of drug-likeness (QED) is 0.490. The lowest BCUT2D eigenvalue weighted by molar-refractivity contribution is -0.146. The first kappa shape index (κ1) is 20.1. The normalized spacial score (nSPS) is 10.4. The van der Waals surface area contributed by atoms with Gasteiger partial charge in [-0.15, -0.1) is 0 Å². The van der Waals surface area contributed by atoms with Gasteiger partial charge in [0.05, 0.1) is 13.5 Å². The van der Waals surface area contributed by atoms with E-state index < -0.39 is 18.5 Å². The summed E-state index contributed by atoms with van der Waals surface area (Å²) in [5.41, 5.74) is 1.65. The number of carbonyl (C=O) groups excluding carboxylic acids is 3. The Kier molecular flexibility index (Phi) is 6.24. The van der Waals surface area contributed by atoms with Gasteiger partial charge in [0.2, 0.25) is 0 Å². The van der Waals surface area contributed by atoms with E-state index >= 15 is 0 Å². The summed E-state index contributed by atoms with van der Waals surface area (Å²) in [7, 11) is 1.48. The fraction of sp³-hybridized carbons (Fsp3) is 0.174. The number of fused-ring (bicyclic) bond motifs is 1. The molecule has 3 aromatic carbocycles. The van der Waals surface area contributed by atoms with Gasteiger partial charge >= 0.3 is 5.97 Å². The van der Waals surface area contributed by atoms with Crippen LogP contribution in [0.1, 0.15) is 22.8 Å². The highest BCUT2D eigenvalue weighted by molar-refractivity contribution is 6.02. The molecule has 0 spiro atoms. The molecular weight excluding hydrogens is 370 g/mol. The number of nitrogens with one attached hydrogen (secondary N) is 1. The van der Waals surface area contributed by atoms with Crippen LogP contribution in [0.3, 0.4) is 0 Å². The second-order valence-corrected chi connectivity index (χ2v) is 6.50. The van der Waals surface area contributed by atoms with Crippen LogP contribution in [0.5, 0.6) is 5.75 Å². The Morgan fingerprint density at radius 3 is 2.48 bits per heavy atom. The Bertz CT molecular complexity index is 1070. The fourth-order valence-electron chi connectivity index (χ4n) is 3.01. The average molecular weight is 391 g/mol. The summed E-state index contributed by atoms with van der Waals surface area (Å²) < 4.78 is 10.3. The van der Waals surface area contributed by atoms with E-state index in [1.807, 2.05) is 36.4 Å². The van der Waals surface area contributed by atoms with Gasteiger partial charge in [-0.25, -0.2) is 0 Å². The molecule has 0 saturated carbocycles. The molecule has 0 aromatic heterocycles. The monoisotopic (exact) mass is 391 g/mol. The lowest BCUT2D eigenvalue weighted by atomic mass is 10.0. The molecule has 6 heteroatoms. The molecular formula is C23H21NO5. The number of amides is 1. The van der Waals surface area contributed by atoms with Gasteiger partial charge < -0.3 is 14.8 Å². The van der Waals surface area contributed by atoms with Gasteiger partial charge in [0.15, 0.2) is 12.4 Å². The van der Waals surface area contributed by atoms with Crippen LogP contribution in [-0.2, 0) is 20.7 Å². The molecule has 1 amide bonds. The highest BCUT2D eigenvalue weighted by Gasteiger charge is 2.14. The number of carbonyl (C=O) groups is 3. The lowest BCUT2D eigenvalue weighted by Gasteiger charge is -2.11. The minimum absolute atomic E-state index is 0.105. The summed E-state index contributed by atoms with van der Waals surface area (Å²) in [4.78, 5) is 36.0. The van der Waals surface area contributed by atoms with Crippen molar-refractivity contribution in [2.75, 3.05) is 19.0 Å². The summed E-state index contributed by atoms with van der Waals surface area (Å²) >= 11 is 0. The summed E-state index contributed by atoms with van der Waals surface area (Å²) in [6.45, 7) is 1.04. The maximum Gasteiger partial charge on any atom is 0.310 e. The zero-order valence-corrected chi connectivity index (χ0v) is 16.2. The van der Waals surface area contributed by atoms with Crippen molar-refractivity contribution in [2.24, 2.45) is 0 Å². The van der Waals surface area contributed by atoms with Crippen LogP contribution in [0.25, 0.3) is 10.8 Å². The molecule has 0 unspecified atom stereocenters. The number of ketones is 1. The molecule has 0 fully saturated rings. The van der Waals surface area contributed by atoms with Gasteiger partial charge in [-0.05, 0) is 36.6 Å². The van der Waals surface area contributed by atoms with E-state index in [-0.39, 0.29) is 12.2 Å². The van der Waals surface area contributed by atoms with Crippen molar-refractivity contribution < 1.29 is 23.9 Å². The molecule has 0 bridgehead atoms. The highest BCUT2D eigenvalue weighted by atomic mass is 16.5. The van der Waals surface area contributed by atoms with E-state index in [1.54, 1.807) is 24.3 Å². The van der Waals surface area contributed by atoms with Crippen LogP contribution in [-0.4, -0.2) is 31.4 Å². The molecule has 3 aromatic rings. The van der Waals surface area contributed by atoms with Crippen LogP contribution in [0.2, 0.25) is 0 Å². The molecule has 0 saturated heterocycles. The summed E-state index contributed by atoms with van der Waals surface area (Å²) in [6.07, 6.45) is -0.105. The highest BCUT2D eigenvalue weighted by Crippen LogP contribution is 2.23. The number of methoxy groups -OCH3 is 1. The van der Waals surface area contributed by atoms with Crippen molar-refractivity contribution in [1.29, 1.82) is 0 Å². The van der Waals surface area contributed by atoms with Gasteiger partial charge in [0.25, 0.3) is 5.91 Å². The van der Waals surface area contributed by atoms with E-state index in [9.17, 15) is 14.4 Å². The van der Waals surface area contributed by atoms with Gasteiger partial charge in [-0.3, -0.25) is 14.4 Å². The van der Waals surface area contributed by atoms with Crippen molar-refractivity contribution in [3.05, 3.63) is 71.8 Å². The topological polar surface area (TPSA) is 81.7 Å². The smallest absolute Gasteiger partial charge is 0.310 e. The third-order valence-electron chi connectivity index (χ3n) is 4.45. The van der Waals surface area contributed by atoms with Gasteiger partial charge in [-0.2, -0.15) is 0 Å². The van der Waals surface area contributed by atoms with Gasteiger partial charge in [0, 0.05) is 22.2 Å². The number of rotatable bonds is 7. The number of Topliss-reactive ketones (excluding diaryl/α,β-unsaturated/α-hetero) is 1. The molecule has 0 atom stereocenters. The third kappa shape index (κ3) is 4.99. The Hall–Kier alpha value is -3.67. The molecule has 29 heavy (non-hydrogen) atoms. The maximum atomic E-state index is 12.2. The summed E-state index contributed by atoms with van der Waals surface area (Å²) in [5, 5.41) is 4.67. The Morgan fingerprint density at radius 1 is 0.966 bits per heavy atom. The van der Waals surface area contributed by atoms with Crippen LogP contribution < -0.4 is 10.1 Å². The molecule has 0 heterocycles. The van der Waals surface area contributed by atoms with Crippen LogP contribution in [0.4, 0.5) is 5.69 Å². The van der Waals surface area contributed by atoms with Crippen molar-refractivity contribution >= 4 is 34.1 Å². The number of anilines is 1. The van der Waals surface area contributed by atoms with Crippen molar-refractivity contribution in [3.8, 4) is 5.75 Å². The van der Waals surface area contributed by atoms with E-state index in [2.05, 4.69) is 5.32 Å². The van der Waals surface area contributed by atoms with Crippen molar-refractivity contribution in [3.63, 3.8) is 0 Å². The van der Waals surface area contributed by atoms with Gasteiger partial charge in [0.1, 0.15) is 5.75 Å². The third-order valence-corrected chi connectivity index (χ3v) is 4.45. The zero-order chi connectivity index (χ0) is 20.8. The zero-order valence-electron chi connectivity index (χ0n) is 16.2. The Morgan fingerprint density at radius 2 is 1.72 bits per heavy atom. The molecule has 0 aliphatic carbocycles. The first-order valence-corrected chi connectivity index (χ1v) is 9.09. The molecule has 0 radical (unpaired) electrons. The minimum atomic E-state index is -0.586. The van der Waals surface area contributed by atoms with E-state index in [0.717, 1.165) is 10.8 Å². The first-order chi connectivity index (χ1) is 14.0. The van der Waals surface area contributed by atoms with Gasteiger partial charge in [-0.1, -0.05) is 36.4 Å². The Balaban J connectivity index is 1.61. The molecule has 6 nitrogen and oxygen atoms in total. The number of hydrogen-bond donors (Lipinski definition) is 1. The number of ether oxygens (including phenoxy) is 2.